The zero-order valence-corrected chi connectivity index (χ0v) is 15.1. The van der Waals surface area contributed by atoms with Crippen LogP contribution in [0.15, 0.2) is 48.1 Å². The fourth-order valence-corrected chi connectivity index (χ4v) is 3.98. The number of likely N-dealkylation sites (tertiary alicyclic amines) is 1. The van der Waals surface area contributed by atoms with Crippen LogP contribution in [0.5, 0.6) is 0 Å². The molecule has 0 aliphatic carbocycles. The van der Waals surface area contributed by atoms with Crippen molar-refractivity contribution in [3.05, 3.63) is 59.4 Å². The molecule has 3 heterocycles. The van der Waals surface area contributed by atoms with Gasteiger partial charge in [-0.3, -0.25) is 14.0 Å². The SMILES string of the molecule is O=C(NC1CCN(C(=O)Cc2cn3ccsc3n2)CC1)c1ccccc1. The van der Waals surface area contributed by atoms with E-state index < -0.39 is 0 Å². The van der Waals surface area contributed by atoms with Gasteiger partial charge in [-0.15, -0.1) is 11.3 Å². The molecular weight excluding hydrogens is 348 g/mol. The van der Waals surface area contributed by atoms with Gasteiger partial charge >= 0.3 is 0 Å². The fourth-order valence-electron chi connectivity index (χ4n) is 3.26. The van der Waals surface area contributed by atoms with Gasteiger partial charge in [-0.1, -0.05) is 18.2 Å². The molecule has 0 spiro atoms. The predicted molar refractivity (Wildman–Crippen MR) is 100 cm³/mol. The van der Waals surface area contributed by atoms with Gasteiger partial charge in [0.15, 0.2) is 4.96 Å². The second-order valence-corrected chi connectivity index (χ2v) is 7.37. The Labute approximate surface area is 155 Å². The minimum atomic E-state index is -0.0477. The zero-order chi connectivity index (χ0) is 17.9. The van der Waals surface area contributed by atoms with Crippen LogP contribution in [0, 0.1) is 0 Å². The molecule has 4 rings (SSSR count). The highest BCUT2D eigenvalue weighted by Crippen LogP contribution is 2.15. The lowest BCUT2D eigenvalue weighted by Crippen LogP contribution is -2.47. The molecule has 0 radical (unpaired) electrons. The van der Waals surface area contributed by atoms with E-state index in [4.69, 9.17) is 0 Å². The molecule has 1 fully saturated rings. The Morgan fingerprint density at radius 1 is 1.19 bits per heavy atom. The number of rotatable bonds is 4. The summed E-state index contributed by atoms with van der Waals surface area (Å²) in [6.07, 6.45) is 5.75. The molecule has 0 saturated carbocycles. The van der Waals surface area contributed by atoms with Crippen LogP contribution in [0.3, 0.4) is 0 Å². The highest BCUT2D eigenvalue weighted by molar-refractivity contribution is 7.15. The van der Waals surface area contributed by atoms with Crippen LogP contribution >= 0.6 is 11.3 Å². The third-order valence-corrected chi connectivity index (χ3v) is 5.47. The number of amides is 2. The molecule has 1 N–H and O–H groups in total. The van der Waals surface area contributed by atoms with Crippen LogP contribution in [-0.4, -0.2) is 45.2 Å². The summed E-state index contributed by atoms with van der Waals surface area (Å²) < 4.78 is 1.94. The lowest BCUT2D eigenvalue weighted by atomic mass is 10.0. The van der Waals surface area contributed by atoms with Crippen molar-refractivity contribution in [3.8, 4) is 0 Å². The lowest BCUT2D eigenvalue weighted by molar-refractivity contribution is -0.131. The summed E-state index contributed by atoms with van der Waals surface area (Å²) in [5.74, 6) is 0.0528. The van der Waals surface area contributed by atoms with E-state index in [0.717, 1.165) is 23.5 Å². The number of piperidine rings is 1. The number of hydrogen-bond acceptors (Lipinski definition) is 4. The van der Waals surface area contributed by atoms with Crippen molar-refractivity contribution in [2.45, 2.75) is 25.3 Å². The van der Waals surface area contributed by atoms with Crippen molar-refractivity contribution in [2.75, 3.05) is 13.1 Å². The summed E-state index contributed by atoms with van der Waals surface area (Å²) in [7, 11) is 0. The van der Waals surface area contributed by atoms with Crippen LogP contribution in [0.4, 0.5) is 0 Å². The average Bonchev–Trinajstić information content (AvgIpc) is 3.24. The summed E-state index contributed by atoms with van der Waals surface area (Å²) >= 11 is 1.56. The maximum absolute atomic E-state index is 12.5. The summed E-state index contributed by atoms with van der Waals surface area (Å²) in [4.78, 5) is 32.0. The van der Waals surface area contributed by atoms with Crippen molar-refractivity contribution in [1.29, 1.82) is 0 Å². The first kappa shape index (κ1) is 16.8. The van der Waals surface area contributed by atoms with E-state index in [9.17, 15) is 9.59 Å². The van der Waals surface area contributed by atoms with Crippen molar-refractivity contribution >= 4 is 28.1 Å². The van der Waals surface area contributed by atoms with Crippen molar-refractivity contribution < 1.29 is 9.59 Å². The molecule has 7 heteroatoms. The van der Waals surface area contributed by atoms with Crippen LogP contribution in [0.25, 0.3) is 4.96 Å². The van der Waals surface area contributed by atoms with Gasteiger partial charge in [0.1, 0.15) is 0 Å². The van der Waals surface area contributed by atoms with Gasteiger partial charge in [0.25, 0.3) is 5.91 Å². The maximum Gasteiger partial charge on any atom is 0.251 e. The summed E-state index contributed by atoms with van der Waals surface area (Å²) in [6, 6.07) is 9.34. The molecule has 2 aromatic heterocycles. The Morgan fingerprint density at radius 2 is 1.96 bits per heavy atom. The fraction of sp³-hybridized carbons (Fsp3) is 0.316. The van der Waals surface area contributed by atoms with Crippen LogP contribution < -0.4 is 5.32 Å². The number of nitrogens with zero attached hydrogens (tertiary/aromatic N) is 3. The molecule has 0 atom stereocenters. The number of thiazole rings is 1. The molecule has 1 saturated heterocycles. The molecule has 26 heavy (non-hydrogen) atoms. The second kappa shape index (κ2) is 7.29. The highest BCUT2D eigenvalue weighted by atomic mass is 32.1. The number of carbonyl (C=O) groups is 2. The third kappa shape index (κ3) is 3.62. The molecule has 1 aromatic carbocycles. The van der Waals surface area contributed by atoms with E-state index in [1.807, 2.05) is 57.4 Å². The third-order valence-electron chi connectivity index (χ3n) is 4.69. The van der Waals surface area contributed by atoms with Crippen LogP contribution in [0.2, 0.25) is 0 Å². The number of benzene rings is 1. The van der Waals surface area contributed by atoms with E-state index in [2.05, 4.69) is 10.3 Å². The predicted octanol–water partition coefficient (Wildman–Crippen LogP) is 2.36. The first-order valence-electron chi connectivity index (χ1n) is 8.74. The first-order valence-corrected chi connectivity index (χ1v) is 9.62. The van der Waals surface area contributed by atoms with Crippen molar-refractivity contribution in [3.63, 3.8) is 0 Å². The standard InChI is InChI=1S/C19H20N4O2S/c24-17(12-16-13-23-10-11-26-19(23)21-16)22-8-6-15(7-9-22)20-18(25)14-4-2-1-3-5-14/h1-5,10-11,13,15H,6-9,12H2,(H,20,25). The summed E-state index contributed by atoms with van der Waals surface area (Å²) in [6.45, 7) is 1.33. The van der Waals surface area contributed by atoms with E-state index in [1.54, 1.807) is 11.3 Å². The van der Waals surface area contributed by atoms with Crippen LogP contribution in [-0.2, 0) is 11.2 Å². The maximum atomic E-state index is 12.5. The minimum Gasteiger partial charge on any atom is -0.349 e. The number of imidazole rings is 1. The van der Waals surface area contributed by atoms with E-state index >= 15 is 0 Å². The van der Waals surface area contributed by atoms with Gasteiger partial charge in [0.05, 0.1) is 12.1 Å². The van der Waals surface area contributed by atoms with E-state index in [1.165, 1.54) is 0 Å². The largest absolute Gasteiger partial charge is 0.349 e. The topological polar surface area (TPSA) is 66.7 Å². The Bertz CT molecular complexity index is 881. The smallest absolute Gasteiger partial charge is 0.251 e. The van der Waals surface area contributed by atoms with E-state index in [0.29, 0.717) is 25.1 Å². The highest BCUT2D eigenvalue weighted by Gasteiger charge is 2.24. The Balaban J connectivity index is 1.28. The van der Waals surface area contributed by atoms with Gasteiger partial charge in [-0.05, 0) is 25.0 Å². The molecular formula is C19H20N4O2S. The second-order valence-electron chi connectivity index (χ2n) is 6.50. The normalized spacial score (nSPS) is 15.3. The van der Waals surface area contributed by atoms with Crippen molar-refractivity contribution in [1.82, 2.24) is 19.6 Å². The number of fused-ring (bicyclic) bond motifs is 1. The number of carbonyl (C=O) groups excluding carboxylic acids is 2. The lowest BCUT2D eigenvalue weighted by Gasteiger charge is -2.32. The van der Waals surface area contributed by atoms with Crippen molar-refractivity contribution in [2.24, 2.45) is 0 Å². The van der Waals surface area contributed by atoms with E-state index in [-0.39, 0.29) is 17.9 Å². The molecule has 134 valence electrons. The molecule has 6 nitrogen and oxygen atoms in total. The minimum absolute atomic E-state index is 0.0477. The van der Waals surface area contributed by atoms with Gasteiger partial charge in [0.2, 0.25) is 5.91 Å². The molecule has 1 aliphatic rings. The average molecular weight is 368 g/mol. The number of nitrogens with one attached hydrogen (secondary N) is 1. The first-order chi connectivity index (χ1) is 12.7. The Kier molecular flexibility index (Phi) is 4.71. The van der Waals surface area contributed by atoms with Gasteiger partial charge in [0, 0.05) is 42.5 Å². The molecule has 0 unspecified atom stereocenters. The van der Waals surface area contributed by atoms with Gasteiger partial charge < -0.3 is 10.2 Å². The van der Waals surface area contributed by atoms with Crippen LogP contribution in [0.1, 0.15) is 28.9 Å². The summed E-state index contributed by atoms with van der Waals surface area (Å²) in [5.41, 5.74) is 1.48. The molecule has 3 aromatic rings. The van der Waals surface area contributed by atoms with Gasteiger partial charge in [-0.2, -0.15) is 0 Å². The molecule has 1 aliphatic heterocycles. The van der Waals surface area contributed by atoms with Gasteiger partial charge in [-0.25, -0.2) is 4.98 Å². The Morgan fingerprint density at radius 3 is 2.69 bits per heavy atom. The molecule has 0 bridgehead atoms. The number of hydrogen-bond donors (Lipinski definition) is 1. The Hall–Kier alpha value is -2.67. The summed E-state index contributed by atoms with van der Waals surface area (Å²) in [5, 5.41) is 5.04. The number of aromatic nitrogens is 2. The molecule has 2 amide bonds. The quantitative estimate of drug-likeness (QED) is 0.769. The zero-order valence-electron chi connectivity index (χ0n) is 14.3. The monoisotopic (exact) mass is 368 g/mol.